The zero-order valence-electron chi connectivity index (χ0n) is 11.2. The molecule has 3 rings (SSSR count). The molecule has 1 aromatic rings. The molecule has 2 aliphatic rings. The van der Waals surface area contributed by atoms with Crippen molar-refractivity contribution in [2.75, 3.05) is 26.9 Å². The van der Waals surface area contributed by atoms with E-state index >= 15 is 0 Å². The molecule has 1 saturated heterocycles. The summed E-state index contributed by atoms with van der Waals surface area (Å²) in [6, 6.07) is 3.59. The highest BCUT2D eigenvalue weighted by molar-refractivity contribution is 9.10. The van der Waals surface area contributed by atoms with Gasteiger partial charge in [-0.2, -0.15) is 0 Å². The third kappa shape index (κ3) is 2.38. The van der Waals surface area contributed by atoms with Crippen molar-refractivity contribution in [3.8, 4) is 11.5 Å². The molecule has 0 aromatic heterocycles. The molecule has 1 fully saturated rings. The summed E-state index contributed by atoms with van der Waals surface area (Å²) in [5, 5.41) is 2.94. The molecule has 1 amide bonds. The average Bonchev–Trinajstić information content (AvgIpc) is 2.57. The van der Waals surface area contributed by atoms with Crippen LogP contribution in [-0.2, 0) is 4.74 Å². The van der Waals surface area contributed by atoms with Crippen LogP contribution < -0.4 is 14.8 Å². The minimum absolute atomic E-state index is 0.160. The lowest BCUT2D eigenvalue weighted by Gasteiger charge is -2.36. The van der Waals surface area contributed by atoms with Crippen LogP contribution in [0.4, 0.5) is 0 Å². The number of carbonyl (C=O) groups excluding carboxylic acids is 1. The van der Waals surface area contributed by atoms with Crippen molar-refractivity contribution in [3.63, 3.8) is 0 Å². The van der Waals surface area contributed by atoms with E-state index in [9.17, 15) is 4.79 Å². The lowest BCUT2D eigenvalue weighted by molar-refractivity contribution is -0.0417. The highest BCUT2D eigenvalue weighted by Gasteiger charge is 2.39. The van der Waals surface area contributed by atoms with Crippen LogP contribution in [0.5, 0.6) is 11.5 Å². The summed E-state index contributed by atoms with van der Waals surface area (Å²) in [5.41, 5.74) is 0.0735. The van der Waals surface area contributed by atoms with E-state index in [0.717, 1.165) is 17.3 Å². The molecule has 6 heteroatoms. The maximum Gasteiger partial charge on any atom is 0.258 e. The highest BCUT2D eigenvalue weighted by atomic mass is 79.9. The Hall–Kier alpha value is -1.27. The minimum Gasteiger partial charge on any atom is -0.496 e. The van der Waals surface area contributed by atoms with Gasteiger partial charge in [-0.3, -0.25) is 4.79 Å². The van der Waals surface area contributed by atoms with E-state index in [1.54, 1.807) is 13.2 Å². The maximum absolute atomic E-state index is 12.3. The first kappa shape index (κ1) is 13.7. The van der Waals surface area contributed by atoms with E-state index in [2.05, 4.69) is 21.2 Å². The second-order valence-corrected chi connectivity index (χ2v) is 5.98. The Balaban J connectivity index is 2.05. The molecule has 0 atom stereocenters. The molecule has 5 nitrogen and oxygen atoms in total. The van der Waals surface area contributed by atoms with Gasteiger partial charge >= 0.3 is 0 Å². The summed E-state index contributed by atoms with van der Waals surface area (Å²) in [7, 11) is 1.55. The lowest BCUT2D eigenvalue weighted by atomic mass is 9.94. The molecule has 0 unspecified atom stereocenters. The van der Waals surface area contributed by atoms with Crippen LogP contribution in [0.15, 0.2) is 16.6 Å². The normalized spacial score (nSPS) is 20.6. The van der Waals surface area contributed by atoms with E-state index in [1.165, 1.54) is 0 Å². The fourth-order valence-corrected chi connectivity index (χ4v) is 3.06. The average molecular weight is 342 g/mol. The zero-order chi connectivity index (χ0) is 14.2. The number of fused-ring (bicyclic) bond motifs is 1. The van der Waals surface area contributed by atoms with Crippen LogP contribution in [0.2, 0.25) is 0 Å². The van der Waals surface area contributed by atoms with Gasteiger partial charge in [0.15, 0.2) is 0 Å². The van der Waals surface area contributed by atoms with Crippen molar-refractivity contribution in [2.45, 2.75) is 18.4 Å². The second kappa shape index (κ2) is 5.26. The summed E-state index contributed by atoms with van der Waals surface area (Å²) in [4.78, 5) is 12.3. The molecule has 0 saturated carbocycles. The minimum atomic E-state index is -0.384. The van der Waals surface area contributed by atoms with E-state index in [4.69, 9.17) is 14.2 Å². The topological polar surface area (TPSA) is 56.8 Å². The largest absolute Gasteiger partial charge is 0.496 e. The summed E-state index contributed by atoms with van der Waals surface area (Å²) >= 11 is 3.42. The Kier molecular flexibility index (Phi) is 3.60. The summed E-state index contributed by atoms with van der Waals surface area (Å²) in [6.45, 7) is 1.79. The van der Waals surface area contributed by atoms with Crippen molar-refractivity contribution in [1.82, 2.24) is 5.32 Å². The Morgan fingerprint density at radius 1 is 1.35 bits per heavy atom. The first-order valence-corrected chi connectivity index (χ1v) is 7.35. The maximum atomic E-state index is 12.3. The predicted molar refractivity (Wildman–Crippen MR) is 76.4 cm³/mol. The van der Waals surface area contributed by atoms with Gasteiger partial charge in [0, 0.05) is 17.3 Å². The fraction of sp³-hybridized carbons (Fsp3) is 0.500. The first-order chi connectivity index (χ1) is 9.63. The number of rotatable bonds is 1. The standard InChI is InChI=1S/C14H16BrNO4/c1-18-10-6-9(15)7-11-12(10)13(17)16-8-14(20-11)2-4-19-5-3-14/h6-7H,2-5,8H2,1H3,(H,16,17). The number of halogens is 1. The number of carbonyl (C=O) groups is 1. The Labute approximate surface area is 125 Å². The van der Waals surface area contributed by atoms with Crippen molar-refractivity contribution in [2.24, 2.45) is 0 Å². The van der Waals surface area contributed by atoms with Gasteiger partial charge in [0.05, 0.1) is 26.9 Å². The van der Waals surface area contributed by atoms with Crippen LogP contribution in [0.1, 0.15) is 23.2 Å². The van der Waals surface area contributed by atoms with Gasteiger partial charge in [-0.05, 0) is 12.1 Å². The number of methoxy groups -OCH3 is 1. The van der Waals surface area contributed by atoms with Crippen LogP contribution in [0.25, 0.3) is 0 Å². The number of nitrogens with one attached hydrogen (secondary N) is 1. The first-order valence-electron chi connectivity index (χ1n) is 6.56. The fourth-order valence-electron chi connectivity index (χ4n) is 2.64. The van der Waals surface area contributed by atoms with E-state index < -0.39 is 0 Å². The SMILES string of the molecule is COc1cc(Br)cc2c1C(=O)NCC1(CCOCC1)O2. The van der Waals surface area contributed by atoms with Crippen LogP contribution in [-0.4, -0.2) is 38.4 Å². The Morgan fingerprint density at radius 2 is 2.10 bits per heavy atom. The second-order valence-electron chi connectivity index (χ2n) is 5.06. The Morgan fingerprint density at radius 3 is 2.80 bits per heavy atom. The zero-order valence-corrected chi connectivity index (χ0v) is 12.8. The summed E-state index contributed by atoms with van der Waals surface area (Å²) < 4.78 is 17.7. The van der Waals surface area contributed by atoms with Gasteiger partial charge < -0.3 is 19.5 Å². The van der Waals surface area contributed by atoms with E-state index in [0.29, 0.717) is 36.8 Å². The van der Waals surface area contributed by atoms with Crippen LogP contribution in [0.3, 0.4) is 0 Å². The molecule has 2 aliphatic heterocycles. The van der Waals surface area contributed by atoms with Gasteiger partial charge in [-0.1, -0.05) is 15.9 Å². The molecule has 1 N–H and O–H groups in total. The predicted octanol–water partition coefficient (Wildman–Crippen LogP) is 2.13. The van der Waals surface area contributed by atoms with Gasteiger partial charge in [-0.15, -0.1) is 0 Å². The number of hydrogen-bond donors (Lipinski definition) is 1. The van der Waals surface area contributed by atoms with E-state index in [-0.39, 0.29) is 11.5 Å². The third-order valence-electron chi connectivity index (χ3n) is 3.78. The molecule has 2 heterocycles. The van der Waals surface area contributed by atoms with Gasteiger partial charge in [0.2, 0.25) is 0 Å². The number of hydrogen-bond acceptors (Lipinski definition) is 4. The molecule has 0 bridgehead atoms. The third-order valence-corrected chi connectivity index (χ3v) is 4.24. The van der Waals surface area contributed by atoms with Crippen LogP contribution in [0, 0.1) is 0 Å². The quantitative estimate of drug-likeness (QED) is 0.850. The smallest absolute Gasteiger partial charge is 0.258 e. The van der Waals surface area contributed by atoms with Crippen LogP contribution >= 0.6 is 15.9 Å². The summed E-state index contributed by atoms with van der Waals surface area (Å²) in [6.07, 6.45) is 1.53. The van der Waals surface area contributed by atoms with Crippen molar-refractivity contribution >= 4 is 21.8 Å². The molecule has 108 valence electrons. The summed E-state index contributed by atoms with van der Waals surface area (Å²) in [5.74, 6) is 0.914. The molecule has 0 aliphatic carbocycles. The van der Waals surface area contributed by atoms with Gasteiger partial charge in [0.1, 0.15) is 22.7 Å². The Bertz CT molecular complexity index is 540. The number of amides is 1. The van der Waals surface area contributed by atoms with Gasteiger partial charge in [0.25, 0.3) is 5.91 Å². The monoisotopic (exact) mass is 341 g/mol. The molecule has 20 heavy (non-hydrogen) atoms. The molecular weight excluding hydrogens is 326 g/mol. The number of benzene rings is 1. The molecule has 1 aromatic carbocycles. The van der Waals surface area contributed by atoms with E-state index in [1.807, 2.05) is 6.07 Å². The highest BCUT2D eigenvalue weighted by Crippen LogP contribution is 2.38. The lowest BCUT2D eigenvalue weighted by Crippen LogP contribution is -2.49. The van der Waals surface area contributed by atoms with Crippen molar-refractivity contribution in [3.05, 3.63) is 22.2 Å². The molecule has 0 radical (unpaired) electrons. The molecule has 1 spiro atoms. The molecular formula is C14H16BrNO4. The van der Waals surface area contributed by atoms with Crippen molar-refractivity contribution < 1.29 is 19.0 Å². The van der Waals surface area contributed by atoms with Crippen molar-refractivity contribution in [1.29, 1.82) is 0 Å². The number of ether oxygens (including phenoxy) is 3. The van der Waals surface area contributed by atoms with Gasteiger partial charge in [-0.25, -0.2) is 0 Å².